The van der Waals surface area contributed by atoms with E-state index in [1.54, 1.807) is 0 Å². The summed E-state index contributed by atoms with van der Waals surface area (Å²) in [6.45, 7) is 7.75. The van der Waals surface area contributed by atoms with E-state index in [4.69, 9.17) is 4.55 Å². The van der Waals surface area contributed by atoms with Gasteiger partial charge in [-0.1, -0.05) is 6.58 Å². The molecule has 0 aromatic carbocycles. The van der Waals surface area contributed by atoms with Crippen molar-refractivity contribution in [3.05, 3.63) is 12.2 Å². The Morgan fingerprint density at radius 1 is 1.53 bits per heavy atom. The van der Waals surface area contributed by atoms with Crippen LogP contribution in [0.2, 0.25) is 0 Å². The van der Waals surface area contributed by atoms with Gasteiger partial charge in [-0.15, -0.1) is 0 Å². The van der Waals surface area contributed by atoms with Crippen LogP contribution in [0.4, 0.5) is 0 Å². The average Bonchev–Trinajstić information content (AvgIpc) is 1.78. The molecule has 0 rings (SSSR count). The maximum absolute atomic E-state index is 11.1. The van der Waals surface area contributed by atoms with Crippen molar-refractivity contribution >= 4 is 16.0 Å². The number of hydrogen-bond acceptors (Lipinski definition) is 4. The maximum atomic E-state index is 11.1. The molecule has 0 aromatic rings. The second-order valence-electron chi connectivity index (χ2n) is 3.74. The summed E-state index contributed by atoms with van der Waals surface area (Å²) in [5, 5.41) is 11.1. The second kappa shape index (κ2) is 6.00. The van der Waals surface area contributed by atoms with E-state index >= 15 is 0 Å². The largest absolute Gasteiger partial charge is 1.00 e. The Labute approximate surface area is 112 Å². The quantitative estimate of drug-likeness (QED) is 0.246. The van der Waals surface area contributed by atoms with Gasteiger partial charge in [0, 0.05) is 0 Å². The third-order valence-electron chi connectivity index (χ3n) is 1.30. The van der Waals surface area contributed by atoms with Crippen LogP contribution >= 0.6 is 0 Å². The van der Waals surface area contributed by atoms with Crippen LogP contribution < -0.4 is 34.7 Å². The third-order valence-corrected chi connectivity index (χ3v) is 2.38. The summed E-state index contributed by atoms with van der Waals surface area (Å²) in [6.07, 6.45) is 0. The second-order valence-corrected chi connectivity index (χ2v) is 5.19. The topological polar surface area (TPSA) is 89.8 Å². The van der Waals surface area contributed by atoms with Gasteiger partial charge in [-0.25, -0.2) is 0 Å². The van der Waals surface area contributed by atoms with Crippen LogP contribution in [-0.2, 0) is 10.1 Å². The van der Waals surface area contributed by atoms with Gasteiger partial charge in [-0.2, -0.15) is 8.42 Å². The minimum Gasteiger partial charge on any atom is -0.859 e. The van der Waals surface area contributed by atoms with Gasteiger partial charge in [-0.3, -0.25) is 9.55 Å². The van der Waals surface area contributed by atoms with Crippen molar-refractivity contribution in [2.45, 2.75) is 26.3 Å². The first-order valence-electron chi connectivity index (χ1n) is 3.91. The maximum Gasteiger partial charge on any atom is 1.00 e. The fourth-order valence-corrected chi connectivity index (χ4v) is 1.81. The van der Waals surface area contributed by atoms with E-state index in [9.17, 15) is 13.5 Å². The molecule has 0 spiro atoms. The SMILES string of the molecule is C=C(C)C([O-])=NC(C)(C)CS(=O)(=O)O.[Na+]. The van der Waals surface area contributed by atoms with Crippen molar-refractivity contribution in [1.82, 2.24) is 0 Å². The molecule has 0 saturated heterocycles. The predicted octanol–water partition coefficient (Wildman–Crippen LogP) is -3.01. The Morgan fingerprint density at radius 2 is 1.93 bits per heavy atom. The van der Waals surface area contributed by atoms with Crippen molar-refractivity contribution in [3.63, 3.8) is 0 Å². The van der Waals surface area contributed by atoms with Gasteiger partial charge >= 0.3 is 29.6 Å². The summed E-state index contributed by atoms with van der Waals surface area (Å²) < 4.78 is 29.7. The standard InChI is InChI=1S/C8H15NO4S.Na/c1-6(2)7(10)9-8(3,4)5-14(11,12)13;/h1,5H2,2-4H3,(H,9,10)(H,11,12,13);/q;+1/p-1. The van der Waals surface area contributed by atoms with Crippen molar-refractivity contribution in [3.8, 4) is 0 Å². The fourth-order valence-electron chi connectivity index (χ4n) is 0.849. The molecule has 0 radical (unpaired) electrons. The van der Waals surface area contributed by atoms with Crippen molar-refractivity contribution in [1.29, 1.82) is 0 Å². The predicted molar refractivity (Wildman–Crippen MR) is 52.7 cm³/mol. The smallest absolute Gasteiger partial charge is 0.859 e. The van der Waals surface area contributed by atoms with Crippen molar-refractivity contribution in [2.75, 3.05) is 5.75 Å². The number of rotatable bonds is 4. The molecule has 0 aliphatic carbocycles. The van der Waals surface area contributed by atoms with Gasteiger partial charge in [0.2, 0.25) is 0 Å². The Hall–Kier alpha value is 0.120. The summed E-state index contributed by atoms with van der Waals surface area (Å²) in [6, 6.07) is 0. The van der Waals surface area contributed by atoms with Crippen LogP contribution in [0.3, 0.4) is 0 Å². The molecule has 0 aliphatic heterocycles. The van der Waals surface area contributed by atoms with Gasteiger partial charge < -0.3 is 5.11 Å². The average molecular weight is 243 g/mol. The molecule has 0 atom stereocenters. The Kier molecular flexibility index (Phi) is 7.01. The summed E-state index contributed by atoms with van der Waals surface area (Å²) in [5.74, 6) is -1.14. The third kappa shape index (κ3) is 9.07. The van der Waals surface area contributed by atoms with E-state index in [-0.39, 0.29) is 35.1 Å². The molecular formula is C8H14NNaO4S. The normalized spacial score (nSPS) is 13.2. The van der Waals surface area contributed by atoms with Crippen LogP contribution in [0, 0.1) is 0 Å². The molecule has 0 saturated carbocycles. The minimum absolute atomic E-state index is 0. The van der Waals surface area contributed by atoms with Crippen LogP contribution in [0.1, 0.15) is 20.8 Å². The molecule has 0 heterocycles. The van der Waals surface area contributed by atoms with Gasteiger partial charge in [0.1, 0.15) is 0 Å². The number of nitrogens with zero attached hydrogens (tertiary/aromatic N) is 1. The molecule has 0 amide bonds. The molecule has 0 fully saturated rings. The molecule has 5 nitrogen and oxygen atoms in total. The molecule has 0 aliphatic rings. The van der Waals surface area contributed by atoms with Crippen molar-refractivity contribution < 1.29 is 47.6 Å². The van der Waals surface area contributed by atoms with Gasteiger partial charge in [-0.05, 0) is 32.2 Å². The zero-order valence-electron chi connectivity index (χ0n) is 9.44. The van der Waals surface area contributed by atoms with Crippen LogP contribution in [0.5, 0.6) is 0 Å². The molecule has 0 bridgehead atoms. The zero-order chi connectivity index (χ0) is 11.6. The van der Waals surface area contributed by atoms with E-state index in [0.29, 0.717) is 0 Å². The Bertz CT molecular complexity index is 359. The molecule has 0 unspecified atom stereocenters. The van der Waals surface area contributed by atoms with E-state index in [0.717, 1.165) is 0 Å². The first kappa shape index (κ1) is 17.5. The number of hydrogen-bond donors (Lipinski definition) is 1. The zero-order valence-corrected chi connectivity index (χ0v) is 12.3. The Balaban J connectivity index is 0. The summed E-state index contributed by atoms with van der Waals surface area (Å²) in [7, 11) is -4.13. The van der Waals surface area contributed by atoms with E-state index < -0.39 is 27.3 Å². The number of aliphatic imine (C=N–C) groups is 1. The van der Waals surface area contributed by atoms with E-state index in [2.05, 4.69) is 11.6 Å². The summed E-state index contributed by atoms with van der Waals surface area (Å²) >= 11 is 0. The van der Waals surface area contributed by atoms with Crippen LogP contribution in [-0.4, -0.2) is 30.2 Å². The van der Waals surface area contributed by atoms with Crippen LogP contribution in [0.25, 0.3) is 0 Å². The molecule has 0 aromatic heterocycles. The first-order chi connectivity index (χ1) is 6.03. The van der Waals surface area contributed by atoms with Gasteiger partial charge in [0.05, 0.1) is 11.3 Å². The Morgan fingerprint density at radius 3 is 2.20 bits per heavy atom. The van der Waals surface area contributed by atoms with Crippen molar-refractivity contribution in [2.24, 2.45) is 4.99 Å². The van der Waals surface area contributed by atoms with Gasteiger partial charge in [0.15, 0.2) is 0 Å². The molecule has 82 valence electrons. The summed E-state index contributed by atoms with van der Waals surface area (Å²) in [4.78, 5) is 3.62. The monoisotopic (exact) mass is 243 g/mol. The molecule has 15 heavy (non-hydrogen) atoms. The van der Waals surface area contributed by atoms with Gasteiger partial charge in [0.25, 0.3) is 10.1 Å². The molecule has 7 heteroatoms. The molecule has 1 N–H and O–H groups in total. The van der Waals surface area contributed by atoms with E-state index in [1.165, 1.54) is 20.8 Å². The minimum atomic E-state index is -4.13. The van der Waals surface area contributed by atoms with E-state index in [1.807, 2.05) is 0 Å². The fraction of sp³-hybridized carbons (Fsp3) is 0.625. The summed E-state index contributed by atoms with van der Waals surface area (Å²) in [5.41, 5.74) is -0.905. The van der Waals surface area contributed by atoms with Crippen LogP contribution in [0.15, 0.2) is 17.1 Å². The first-order valence-corrected chi connectivity index (χ1v) is 5.52. The molecular weight excluding hydrogens is 229 g/mol.